The lowest BCUT2D eigenvalue weighted by Gasteiger charge is -2.12. The number of likely N-dealkylation sites (N-methyl/N-ethyl adjacent to an activating group) is 1. The highest BCUT2D eigenvalue weighted by atomic mass is 35.5. The molecule has 0 atom stereocenters. The summed E-state index contributed by atoms with van der Waals surface area (Å²) in [5.74, 6) is -0.273. The second kappa shape index (κ2) is 5.83. The van der Waals surface area contributed by atoms with E-state index in [2.05, 4.69) is 0 Å². The molecule has 0 heterocycles. The van der Waals surface area contributed by atoms with Crippen LogP contribution in [0, 0.1) is 0 Å². The molecule has 0 unspecified atom stereocenters. The summed E-state index contributed by atoms with van der Waals surface area (Å²) in [4.78, 5) is 22.3. The van der Waals surface area contributed by atoms with Crippen LogP contribution >= 0.6 is 11.6 Å². The summed E-state index contributed by atoms with van der Waals surface area (Å²) in [6.45, 7) is 2.23. The van der Waals surface area contributed by atoms with Gasteiger partial charge in [0, 0.05) is 13.5 Å². The van der Waals surface area contributed by atoms with Crippen LogP contribution in [0.3, 0.4) is 0 Å². The smallest absolute Gasteiger partial charge is 0.316 e. The SMILES string of the molecule is CCC(=O)OCCN(C)C(=O)Cl. The molecule has 0 aromatic rings. The van der Waals surface area contributed by atoms with Crippen molar-refractivity contribution in [2.75, 3.05) is 20.2 Å². The van der Waals surface area contributed by atoms with E-state index < -0.39 is 5.37 Å². The minimum atomic E-state index is -0.553. The van der Waals surface area contributed by atoms with Gasteiger partial charge < -0.3 is 9.64 Å². The average Bonchev–Trinajstić information content (AvgIpc) is 2.03. The normalized spacial score (nSPS) is 9.25. The highest BCUT2D eigenvalue weighted by molar-refractivity contribution is 6.62. The van der Waals surface area contributed by atoms with Gasteiger partial charge >= 0.3 is 11.3 Å². The Hall–Kier alpha value is -0.770. The highest BCUT2D eigenvalue weighted by Gasteiger charge is 2.04. The van der Waals surface area contributed by atoms with E-state index >= 15 is 0 Å². The standard InChI is InChI=1S/C7H12ClNO3/c1-3-6(10)12-5-4-9(2)7(8)11/h3-5H2,1-2H3. The van der Waals surface area contributed by atoms with Crippen molar-refractivity contribution in [3.8, 4) is 0 Å². The summed E-state index contributed by atoms with van der Waals surface area (Å²) in [5.41, 5.74) is 0. The van der Waals surface area contributed by atoms with E-state index in [9.17, 15) is 9.59 Å². The Balaban J connectivity index is 3.43. The molecule has 0 bridgehead atoms. The molecule has 12 heavy (non-hydrogen) atoms. The molecule has 0 aromatic heterocycles. The molecule has 1 amide bonds. The van der Waals surface area contributed by atoms with Gasteiger partial charge in [-0.2, -0.15) is 0 Å². The molecule has 0 aromatic carbocycles. The fourth-order valence-electron chi connectivity index (χ4n) is 0.486. The third kappa shape index (κ3) is 4.96. The van der Waals surface area contributed by atoms with Gasteiger partial charge in [-0.25, -0.2) is 0 Å². The molecule has 70 valence electrons. The third-order valence-corrected chi connectivity index (χ3v) is 1.57. The van der Waals surface area contributed by atoms with Crippen molar-refractivity contribution in [2.24, 2.45) is 0 Å². The van der Waals surface area contributed by atoms with Crippen LogP contribution in [-0.4, -0.2) is 36.4 Å². The lowest BCUT2D eigenvalue weighted by atomic mass is 10.5. The minimum Gasteiger partial charge on any atom is -0.464 e. The molecule has 0 radical (unpaired) electrons. The number of hydrogen-bond acceptors (Lipinski definition) is 3. The first-order valence-electron chi connectivity index (χ1n) is 3.64. The largest absolute Gasteiger partial charge is 0.464 e. The van der Waals surface area contributed by atoms with Crippen molar-refractivity contribution in [3.63, 3.8) is 0 Å². The first kappa shape index (κ1) is 11.2. The van der Waals surface area contributed by atoms with Crippen LogP contribution < -0.4 is 0 Å². The Morgan fingerprint density at radius 2 is 2.08 bits per heavy atom. The van der Waals surface area contributed by atoms with E-state index in [-0.39, 0.29) is 12.6 Å². The zero-order valence-corrected chi connectivity index (χ0v) is 7.93. The van der Waals surface area contributed by atoms with Crippen molar-refractivity contribution in [1.82, 2.24) is 4.90 Å². The molecule has 0 fully saturated rings. The summed E-state index contributed by atoms with van der Waals surface area (Å²) in [6, 6.07) is 0. The van der Waals surface area contributed by atoms with Crippen molar-refractivity contribution in [2.45, 2.75) is 13.3 Å². The van der Waals surface area contributed by atoms with Crippen molar-refractivity contribution < 1.29 is 14.3 Å². The first-order valence-corrected chi connectivity index (χ1v) is 4.02. The number of carbonyl (C=O) groups excluding carboxylic acids is 2. The highest BCUT2D eigenvalue weighted by Crippen LogP contribution is 1.92. The van der Waals surface area contributed by atoms with Gasteiger partial charge in [0.25, 0.3) is 0 Å². The van der Waals surface area contributed by atoms with Crippen LogP contribution in [0.5, 0.6) is 0 Å². The first-order chi connectivity index (χ1) is 5.57. The molecule has 0 aliphatic heterocycles. The Morgan fingerprint density at radius 3 is 2.50 bits per heavy atom. The topological polar surface area (TPSA) is 46.6 Å². The van der Waals surface area contributed by atoms with E-state index in [0.29, 0.717) is 13.0 Å². The molecule has 0 spiro atoms. The molecular weight excluding hydrogens is 182 g/mol. The van der Waals surface area contributed by atoms with Gasteiger partial charge in [-0.3, -0.25) is 9.59 Å². The summed E-state index contributed by atoms with van der Waals surface area (Å²) in [7, 11) is 1.54. The second-order valence-electron chi connectivity index (χ2n) is 2.25. The van der Waals surface area contributed by atoms with E-state index in [4.69, 9.17) is 16.3 Å². The Kier molecular flexibility index (Phi) is 5.45. The van der Waals surface area contributed by atoms with E-state index in [1.807, 2.05) is 0 Å². The molecule has 0 saturated carbocycles. The number of rotatable bonds is 4. The van der Waals surface area contributed by atoms with Gasteiger partial charge in [0.05, 0.1) is 6.54 Å². The van der Waals surface area contributed by atoms with Gasteiger partial charge in [0.1, 0.15) is 6.61 Å². The zero-order valence-electron chi connectivity index (χ0n) is 7.17. The summed E-state index contributed by atoms with van der Waals surface area (Å²) in [6.07, 6.45) is 0.346. The maximum atomic E-state index is 10.6. The van der Waals surface area contributed by atoms with Crippen LogP contribution in [0.4, 0.5) is 4.79 Å². The minimum absolute atomic E-state index is 0.196. The maximum absolute atomic E-state index is 10.6. The van der Waals surface area contributed by atoms with Gasteiger partial charge in [-0.05, 0) is 11.6 Å². The summed E-state index contributed by atoms with van der Waals surface area (Å²) in [5, 5.41) is -0.553. The number of amides is 1. The molecule has 0 saturated heterocycles. The van der Waals surface area contributed by atoms with Crippen molar-refractivity contribution in [3.05, 3.63) is 0 Å². The predicted molar refractivity (Wildman–Crippen MR) is 45.1 cm³/mol. The quantitative estimate of drug-likeness (QED) is 0.383. The number of nitrogens with zero attached hydrogens (tertiary/aromatic N) is 1. The number of ether oxygens (including phenoxy) is 1. The van der Waals surface area contributed by atoms with Crippen LogP contribution in [-0.2, 0) is 9.53 Å². The lowest BCUT2D eigenvalue weighted by Crippen LogP contribution is -2.26. The van der Waals surface area contributed by atoms with Crippen LogP contribution in [0.1, 0.15) is 13.3 Å². The summed E-state index contributed by atoms with van der Waals surface area (Å²) >= 11 is 5.12. The fraction of sp³-hybridized carbons (Fsp3) is 0.714. The molecule has 0 aliphatic carbocycles. The van der Waals surface area contributed by atoms with Crippen LogP contribution in [0.25, 0.3) is 0 Å². The van der Waals surface area contributed by atoms with Crippen LogP contribution in [0.2, 0.25) is 0 Å². The number of carbonyl (C=O) groups is 2. The molecule has 0 N–H and O–H groups in total. The van der Waals surface area contributed by atoms with Crippen molar-refractivity contribution in [1.29, 1.82) is 0 Å². The number of hydrogen-bond donors (Lipinski definition) is 0. The van der Waals surface area contributed by atoms with Gasteiger partial charge in [0.15, 0.2) is 0 Å². The Morgan fingerprint density at radius 1 is 1.50 bits per heavy atom. The zero-order chi connectivity index (χ0) is 9.56. The van der Waals surface area contributed by atoms with E-state index in [1.165, 1.54) is 11.9 Å². The van der Waals surface area contributed by atoms with Crippen molar-refractivity contribution >= 4 is 22.9 Å². The maximum Gasteiger partial charge on any atom is 0.316 e. The molecule has 0 aliphatic rings. The average molecular weight is 194 g/mol. The second-order valence-corrected chi connectivity index (χ2v) is 2.57. The van der Waals surface area contributed by atoms with E-state index in [1.54, 1.807) is 6.92 Å². The fourth-order valence-corrected chi connectivity index (χ4v) is 0.571. The lowest BCUT2D eigenvalue weighted by molar-refractivity contribution is -0.143. The van der Waals surface area contributed by atoms with Gasteiger partial charge in [-0.15, -0.1) is 0 Å². The molecule has 4 nitrogen and oxygen atoms in total. The van der Waals surface area contributed by atoms with Gasteiger partial charge in [-0.1, -0.05) is 6.92 Å². The van der Waals surface area contributed by atoms with Gasteiger partial charge in [0.2, 0.25) is 0 Å². The number of halogens is 1. The summed E-state index contributed by atoms with van der Waals surface area (Å²) < 4.78 is 4.72. The predicted octanol–water partition coefficient (Wildman–Crippen LogP) is 1.23. The monoisotopic (exact) mass is 193 g/mol. The third-order valence-electron chi connectivity index (χ3n) is 1.28. The van der Waals surface area contributed by atoms with Crippen LogP contribution in [0.15, 0.2) is 0 Å². The molecule has 5 heteroatoms. The Bertz CT molecular complexity index is 172. The van der Waals surface area contributed by atoms with E-state index in [0.717, 1.165) is 0 Å². The Labute approximate surface area is 76.4 Å². The molecule has 0 rings (SSSR count). The number of esters is 1. The molecular formula is C7H12ClNO3.